The Morgan fingerprint density at radius 1 is 1.29 bits per heavy atom. The molecule has 0 saturated carbocycles. The van der Waals surface area contributed by atoms with E-state index in [0.717, 1.165) is 18.7 Å². The first-order valence-corrected chi connectivity index (χ1v) is 6.15. The van der Waals surface area contributed by atoms with Gasteiger partial charge in [-0.05, 0) is 24.0 Å². The molecule has 17 heavy (non-hydrogen) atoms. The number of benzene rings is 1. The molecule has 5 heteroatoms. The van der Waals surface area contributed by atoms with Crippen LogP contribution in [0.3, 0.4) is 0 Å². The molecule has 2 N–H and O–H groups in total. The molecule has 0 aromatic heterocycles. The summed E-state index contributed by atoms with van der Waals surface area (Å²) in [7, 11) is 0. The number of nitrogens with one attached hydrogen (secondary N) is 2. The number of aliphatic imine (C=N–C) groups is 1. The topological polar surface area (TPSA) is 45.6 Å². The van der Waals surface area contributed by atoms with E-state index >= 15 is 0 Å². The molecule has 1 atom stereocenters. The van der Waals surface area contributed by atoms with Crippen LogP contribution in [0.2, 0.25) is 0 Å². The minimum atomic E-state index is -0.380. The summed E-state index contributed by atoms with van der Waals surface area (Å²) >= 11 is 5.76. The fourth-order valence-corrected chi connectivity index (χ4v) is 2.42. The van der Waals surface area contributed by atoms with Gasteiger partial charge in [0.2, 0.25) is 0 Å². The molecule has 90 valence electrons. The number of hydrazine groups is 1. The minimum Gasteiger partial charge on any atom is -0.370 e. The lowest BCUT2D eigenvalue weighted by Gasteiger charge is -2.10. The van der Waals surface area contributed by atoms with E-state index in [2.05, 4.69) is 40.1 Å². The van der Waals surface area contributed by atoms with Gasteiger partial charge in [-0.15, -0.1) is 0 Å². The second kappa shape index (κ2) is 4.64. The molecule has 0 radical (unpaired) electrons. The Morgan fingerprint density at radius 3 is 2.59 bits per heavy atom. The molecule has 1 aliphatic heterocycles. The zero-order valence-corrected chi connectivity index (χ0v) is 10.1. The average Bonchev–Trinajstić information content (AvgIpc) is 2.91. The van der Waals surface area contributed by atoms with Crippen LogP contribution < -0.4 is 10.9 Å². The Morgan fingerprint density at radius 2 is 2.00 bits per heavy atom. The van der Waals surface area contributed by atoms with E-state index in [1.807, 2.05) is 0 Å². The maximum absolute atomic E-state index is 5.83. The fraction of sp³-hybridized carbons (Fsp3) is 0.417. The van der Waals surface area contributed by atoms with Crippen LogP contribution >= 0.6 is 11.6 Å². The minimum absolute atomic E-state index is 0.256. The van der Waals surface area contributed by atoms with Crippen LogP contribution in [0.5, 0.6) is 0 Å². The van der Waals surface area contributed by atoms with Crippen LogP contribution in [0.4, 0.5) is 0 Å². The van der Waals surface area contributed by atoms with Crippen molar-refractivity contribution < 1.29 is 4.74 Å². The Kier molecular flexibility index (Phi) is 3.01. The summed E-state index contributed by atoms with van der Waals surface area (Å²) in [6.07, 6.45) is 2.23. The first-order valence-electron chi connectivity index (χ1n) is 5.72. The standard InChI is InChI=1S/C12H14ClN3O/c13-12-14-11(15-16-12)7-17-10-5-8-3-1-2-4-9(8)6-10/h1-4,10,12,16H,5-7H2,(H,14,15). The lowest BCUT2D eigenvalue weighted by Crippen LogP contribution is -2.35. The fourth-order valence-electron chi connectivity index (χ4n) is 2.25. The largest absolute Gasteiger partial charge is 0.370 e. The number of ether oxygens (including phenoxy) is 1. The summed E-state index contributed by atoms with van der Waals surface area (Å²) in [5, 5.41) is 0. The van der Waals surface area contributed by atoms with Crippen LogP contribution in [0.25, 0.3) is 0 Å². The van der Waals surface area contributed by atoms with E-state index < -0.39 is 0 Å². The summed E-state index contributed by atoms with van der Waals surface area (Å²) in [6, 6.07) is 8.48. The number of rotatable bonds is 3. The maximum Gasteiger partial charge on any atom is 0.193 e. The molecule has 4 nitrogen and oxygen atoms in total. The number of halogens is 1. The van der Waals surface area contributed by atoms with E-state index in [4.69, 9.17) is 16.3 Å². The van der Waals surface area contributed by atoms with Gasteiger partial charge < -0.3 is 10.2 Å². The summed E-state index contributed by atoms with van der Waals surface area (Å²) < 4.78 is 5.83. The Labute approximate surface area is 105 Å². The van der Waals surface area contributed by atoms with E-state index in [1.54, 1.807) is 0 Å². The first kappa shape index (κ1) is 11.0. The van der Waals surface area contributed by atoms with Crippen LogP contribution in [-0.2, 0) is 17.6 Å². The zero-order chi connectivity index (χ0) is 11.7. The van der Waals surface area contributed by atoms with E-state index in [-0.39, 0.29) is 11.7 Å². The van der Waals surface area contributed by atoms with Crippen molar-refractivity contribution in [1.29, 1.82) is 0 Å². The zero-order valence-electron chi connectivity index (χ0n) is 9.32. The molecule has 0 fully saturated rings. The second-order valence-electron chi connectivity index (χ2n) is 4.29. The quantitative estimate of drug-likeness (QED) is 0.627. The molecular formula is C12H14ClN3O. The van der Waals surface area contributed by atoms with Gasteiger partial charge in [0.15, 0.2) is 5.62 Å². The molecule has 1 aromatic rings. The molecule has 2 aliphatic rings. The van der Waals surface area contributed by atoms with Crippen molar-refractivity contribution in [3.05, 3.63) is 35.4 Å². The van der Waals surface area contributed by atoms with E-state index in [0.29, 0.717) is 6.61 Å². The number of amidine groups is 1. The normalized spacial score (nSPS) is 23.4. The average molecular weight is 252 g/mol. The van der Waals surface area contributed by atoms with Gasteiger partial charge in [0.05, 0.1) is 6.10 Å². The van der Waals surface area contributed by atoms with Crippen LogP contribution in [0, 0.1) is 0 Å². The summed E-state index contributed by atoms with van der Waals surface area (Å²) in [6.45, 7) is 0.481. The maximum atomic E-state index is 5.83. The van der Waals surface area contributed by atoms with Gasteiger partial charge in [0, 0.05) is 0 Å². The third-order valence-electron chi connectivity index (χ3n) is 3.07. The van der Waals surface area contributed by atoms with Crippen molar-refractivity contribution in [1.82, 2.24) is 10.9 Å². The first-order chi connectivity index (χ1) is 8.31. The molecule has 1 aromatic carbocycles. The van der Waals surface area contributed by atoms with Crippen molar-refractivity contribution in [3.63, 3.8) is 0 Å². The Bertz CT molecular complexity index is 424. The molecule has 1 heterocycles. The predicted octanol–water partition coefficient (Wildman–Crippen LogP) is 1.20. The van der Waals surface area contributed by atoms with Crippen molar-refractivity contribution in [2.24, 2.45) is 4.99 Å². The highest BCUT2D eigenvalue weighted by atomic mass is 35.5. The highest BCUT2D eigenvalue weighted by Gasteiger charge is 2.22. The van der Waals surface area contributed by atoms with Gasteiger partial charge in [-0.2, -0.15) is 5.43 Å². The summed E-state index contributed by atoms with van der Waals surface area (Å²) in [4.78, 5) is 4.13. The summed E-state index contributed by atoms with van der Waals surface area (Å²) in [5.41, 5.74) is 8.10. The lowest BCUT2D eigenvalue weighted by molar-refractivity contribution is 0.0889. The Hall–Kier alpha value is -1.10. The van der Waals surface area contributed by atoms with Crippen LogP contribution in [-0.4, -0.2) is 24.2 Å². The van der Waals surface area contributed by atoms with Gasteiger partial charge in [-0.1, -0.05) is 35.9 Å². The van der Waals surface area contributed by atoms with Gasteiger partial charge in [-0.25, -0.2) is 4.99 Å². The third-order valence-corrected chi connectivity index (χ3v) is 3.28. The molecular weight excluding hydrogens is 238 g/mol. The number of hydrogen-bond acceptors (Lipinski definition) is 4. The van der Waals surface area contributed by atoms with E-state index in [9.17, 15) is 0 Å². The van der Waals surface area contributed by atoms with Crippen molar-refractivity contribution in [2.45, 2.75) is 24.6 Å². The van der Waals surface area contributed by atoms with E-state index in [1.165, 1.54) is 11.1 Å². The smallest absolute Gasteiger partial charge is 0.193 e. The van der Waals surface area contributed by atoms with Gasteiger partial charge >= 0.3 is 0 Å². The van der Waals surface area contributed by atoms with Gasteiger partial charge in [0.1, 0.15) is 12.4 Å². The second-order valence-corrected chi connectivity index (χ2v) is 4.70. The van der Waals surface area contributed by atoms with Crippen molar-refractivity contribution >= 4 is 17.4 Å². The third kappa shape index (κ3) is 2.44. The lowest BCUT2D eigenvalue weighted by atomic mass is 10.1. The number of hydrogen-bond donors (Lipinski definition) is 2. The number of fused-ring (bicyclic) bond motifs is 1. The van der Waals surface area contributed by atoms with Gasteiger partial charge in [0.25, 0.3) is 0 Å². The molecule has 0 amide bonds. The molecule has 0 saturated heterocycles. The molecule has 0 spiro atoms. The predicted molar refractivity (Wildman–Crippen MR) is 66.9 cm³/mol. The monoisotopic (exact) mass is 251 g/mol. The van der Waals surface area contributed by atoms with Gasteiger partial charge in [-0.3, -0.25) is 0 Å². The van der Waals surface area contributed by atoms with Crippen LogP contribution in [0.1, 0.15) is 11.1 Å². The SMILES string of the molecule is ClC1N=C(COC2Cc3ccccc3C2)NN1. The van der Waals surface area contributed by atoms with Crippen molar-refractivity contribution in [3.8, 4) is 0 Å². The van der Waals surface area contributed by atoms with Crippen LogP contribution in [0.15, 0.2) is 29.3 Å². The molecule has 3 rings (SSSR count). The summed E-state index contributed by atoms with van der Waals surface area (Å²) in [5.74, 6) is 0.765. The van der Waals surface area contributed by atoms with Crippen molar-refractivity contribution in [2.75, 3.05) is 6.61 Å². The number of nitrogens with zero attached hydrogens (tertiary/aromatic N) is 1. The molecule has 0 bridgehead atoms. The highest BCUT2D eigenvalue weighted by Crippen LogP contribution is 2.23. The molecule has 1 aliphatic carbocycles. The molecule has 1 unspecified atom stereocenters. The highest BCUT2D eigenvalue weighted by molar-refractivity contribution is 6.21. The Balaban J connectivity index is 1.54. The number of alkyl halides is 1.